The van der Waals surface area contributed by atoms with Gasteiger partial charge in [0.2, 0.25) is 0 Å². The number of nitrogens with zero attached hydrogens (tertiary/aromatic N) is 3. The Morgan fingerprint density at radius 1 is 1.05 bits per heavy atom. The molecule has 0 N–H and O–H groups in total. The van der Waals surface area contributed by atoms with Crippen LogP contribution >= 0.6 is 11.6 Å². The van der Waals surface area contributed by atoms with Crippen LogP contribution in [-0.2, 0) is 11.3 Å². The highest BCUT2D eigenvalue weighted by Gasteiger charge is 2.07. The Kier molecular flexibility index (Phi) is 3.82. The average molecular weight is 300 g/mol. The van der Waals surface area contributed by atoms with Crippen molar-refractivity contribution in [3.8, 4) is 11.4 Å². The van der Waals surface area contributed by atoms with Gasteiger partial charge in [-0.3, -0.25) is 4.98 Å². The van der Waals surface area contributed by atoms with Gasteiger partial charge in [-0.2, -0.15) is 0 Å². The fraction of sp³-hybridized carbons (Fsp3) is 0.188. The highest BCUT2D eigenvalue weighted by Crippen LogP contribution is 2.23. The Morgan fingerprint density at radius 2 is 1.90 bits per heavy atom. The summed E-state index contributed by atoms with van der Waals surface area (Å²) in [5.74, 6) is 0.594. The van der Waals surface area contributed by atoms with Gasteiger partial charge in [0.05, 0.1) is 17.8 Å². The zero-order valence-electron chi connectivity index (χ0n) is 11.8. The normalized spacial score (nSPS) is 11.0. The van der Waals surface area contributed by atoms with Gasteiger partial charge in [0, 0.05) is 23.8 Å². The molecule has 0 fully saturated rings. The molecule has 0 spiro atoms. The number of halogens is 1. The molecule has 0 saturated carbocycles. The topological polar surface area (TPSA) is 47.9 Å². The van der Waals surface area contributed by atoms with Crippen LogP contribution < -0.4 is 0 Å². The van der Waals surface area contributed by atoms with Crippen LogP contribution in [0.4, 0.5) is 0 Å². The zero-order valence-corrected chi connectivity index (χ0v) is 12.6. The van der Waals surface area contributed by atoms with Crippen LogP contribution in [0.3, 0.4) is 0 Å². The van der Waals surface area contributed by atoms with Crippen LogP contribution in [0.2, 0.25) is 5.15 Å². The molecule has 1 aromatic carbocycles. The Balaban J connectivity index is 2.09. The van der Waals surface area contributed by atoms with Crippen LogP contribution in [0.25, 0.3) is 22.3 Å². The summed E-state index contributed by atoms with van der Waals surface area (Å²) < 4.78 is 5.10. The van der Waals surface area contributed by atoms with Gasteiger partial charge in [0.25, 0.3) is 0 Å². The molecule has 0 amide bonds. The molecule has 106 valence electrons. The number of methoxy groups -OCH3 is 1. The summed E-state index contributed by atoms with van der Waals surface area (Å²) in [5, 5.41) is 1.46. The number of benzene rings is 1. The summed E-state index contributed by atoms with van der Waals surface area (Å²) in [6.07, 6.45) is 0. The number of aryl methyl sites for hydroxylation is 1. The van der Waals surface area contributed by atoms with Crippen molar-refractivity contribution < 1.29 is 4.74 Å². The summed E-state index contributed by atoms with van der Waals surface area (Å²) in [5.41, 5.74) is 3.62. The highest BCUT2D eigenvalue weighted by molar-refractivity contribution is 6.29. The fourth-order valence-electron chi connectivity index (χ4n) is 2.18. The molecule has 2 heterocycles. The van der Waals surface area contributed by atoms with Crippen LogP contribution in [0, 0.1) is 6.92 Å². The lowest BCUT2D eigenvalue weighted by Gasteiger charge is -2.06. The van der Waals surface area contributed by atoms with Crippen LogP contribution in [0.1, 0.15) is 11.4 Å². The zero-order chi connectivity index (χ0) is 14.8. The molecule has 0 unspecified atom stereocenters. The monoisotopic (exact) mass is 299 g/mol. The van der Waals surface area contributed by atoms with Gasteiger partial charge < -0.3 is 4.74 Å². The quantitative estimate of drug-likeness (QED) is 0.690. The van der Waals surface area contributed by atoms with E-state index in [1.165, 1.54) is 0 Å². The van der Waals surface area contributed by atoms with Gasteiger partial charge in [0.15, 0.2) is 5.82 Å². The Morgan fingerprint density at radius 3 is 2.71 bits per heavy atom. The summed E-state index contributed by atoms with van der Waals surface area (Å²) in [6.45, 7) is 2.38. The maximum absolute atomic E-state index is 6.06. The molecule has 0 atom stereocenters. The van der Waals surface area contributed by atoms with Crippen molar-refractivity contribution in [2.24, 2.45) is 0 Å². The summed E-state index contributed by atoms with van der Waals surface area (Å²) in [7, 11) is 1.62. The van der Waals surface area contributed by atoms with Gasteiger partial charge in [0.1, 0.15) is 5.15 Å². The first-order chi connectivity index (χ1) is 10.2. The second-order valence-corrected chi connectivity index (χ2v) is 5.19. The first kappa shape index (κ1) is 13.9. The molecule has 0 saturated heterocycles. The largest absolute Gasteiger partial charge is 0.378 e. The SMILES string of the molecule is COCc1cc(Cl)nc(-c2ccc3nc(C)ccc3c2)n1. The molecule has 0 aliphatic carbocycles. The molecule has 0 aliphatic rings. The van der Waals surface area contributed by atoms with Gasteiger partial charge >= 0.3 is 0 Å². The summed E-state index contributed by atoms with van der Waals surface area (Å²) in [6, 6.07) is 11.7. The summed E-state index contributed by atoms with van der Waals surface area (Å²) in [4.78, 5) is 13.3. The van der Waals surface area contributed by atoms with Gasteiger partial charge in [-0.25, -0.2) is 9.97 Å². The van der Waals surface area contributed by atoms with E-state index in [2.05, 4.69) is 15.0 Å². The average Bonchev–Trinajstić information content (AvgIpc) is 2.46. The predicted molar refractivity (Wildman–Crippen MR) is 83.2 cm³/mol. The van der Waals surface area contributed by atoms with E-state index in [0.717, 1.165) is 27.9 Å². The van der Waals surface area contributed by atoms with Gasteiger partial charge in [-0.15, -0.1) is 0 Å². The van der Waals surface area contributed by atoms with E-state index in [0.29, 0.717) is 17.6 Å². The predicted octanol–water partition coefficient (Wildman–Crippen LogP) is 3.80. The number of fused-ring (bicyclic) bond motifs is 1. The van der Waals surface area contributed by atoms with E-state index < -0.39 is 0 Å². The second-order valence-electron chi connectivity index (χ2n) is 4.80. The first-order valence-electron chi connectivity index (χ1n) is 6.56. The van der Waals surface area contributed by atoms with Crippen molar-refractivity contribution in [1.82, 2.24) is 15.0 Å². The number of aromatic nitrogens is 3. The Hall–Kier alpha value is -2.04. The lowest BCUT2D eigenvalue weighted by molar-refractivity contribution is 0.181. The van der Waals surface area contributed by atoms with Crippen molar-refractivity contribution in [3.05, 3.63) is 52.9 Å². The molecule has 4 nitrogen and oxygen atoms in total. The standard InChI is InChI=1S/C16H14ClN3O/c1-10-3-4-11-7-12(5-6-14(11)18-10)16-19-13(9-21-2)8-15(17)20-16/h3-8H,9H2,1-2H3. The number of ether oxygens (including phenoxy) is 1. The molecular weight excluding hydrogens is 286 g/mol. The third kappa shape index (κ3) is 3.01. The van der Waals surface area contributed by atoms with Gasteiger partial charge in [-0.05, 0) is 37.3 Å². The van der Waals surface area contributed by atoms with Crippen molar-refractivity contribution in [2.45, 2.75) is 13.5 Å². The lowest BCUT2D eigenvalue weighted by Crippen LogP contribution is -1.97. The number of hydrogen-bond acceptors (Lipinski definition) is 4. The second kappa shape index (κ2) is 5.76. The maximum Gasteiger partial charge on any atom is 0.161 e. The molecule has 3 aromatic rings. The molecule has 21 heavy (non-hydrogen) atoms. The van der Waals surface area contributed by atoms with E-state index >= 15 is 0 Å². The number of hydrogen-bond donors (Lipinski definition) is 0. The molecule has 2 aromatic heterocycles. The van der Waals surface area contributed by atoms with Crippen molar-refractivity contribution in [3.63, 3.8) is 0 Å². The number of rotatable bonds is 3. The highest BCUT2D eigenvalue weighted by atomic mass is 35.5. The van der Waals surface area contributed by atoms with Crippen LogP contribution in [0.15, 0.2) is 36.4 Å². The Labute approximate surface area is 127 Å². The molecule has 5 heteroatoms. The lowest BCUT2D eigenvalue weighted by atomic mass is 10.1. The summed E-state index contributed by atoms with van der Waals surface area (Å²) >= 11 is 6.06. The van der Waals surface area contributed by atoms with E-state index in [4.69, 9.17) is 16.3 Å². The van der Waals surface area contributed by atoms with Gasteiger partial charge in [-0.1, -0.05) is 17.7 Å². The third-order valence-corrected chi connectivity index (χ3v) is 3.32. The first-order valence-corrected chi connectivity index (χ1v) is 6.94. The molecule has 3 rings (SSSR count). The van der Waals surface area contributed by atoms with Crippen LogP contribution in [-0.4, -0.2) is 22.1 Å². The third-order valence-electron chi connectivity index (χ3n) is 3.13. The minimum Gasteiger partial charge on any atom is -0.378 e. The van der Waals surface area contributed by atoms with E-state index in [1.54, 1.807) is 13.2 Å². The van der Waals surface area contributed by atoms with Crippen molar-refractivity contribution in [2.75, 3.05) is 7.11 Å². The minimum atomic E-state index is 0.406. The maximum atomic E-state index is 6.06. The van der Waals surface area contributed by atoms with E-state index in [-0.39, 0.29) is 0 Å². The van der Waals surface area contributed by atoms with Crippen molar-refractivity contribution in [1.29, 1.82) is 0 Å². The van der Waals surface area contributed by atoms with E-state index in [1.807, 2.05) is 37.3 Å². The van der Waals surface area contributed by atoms with Crippen LogP contribution in [0.5, 0.6) is 0 Å². The molecule has 0 radical (unpaired) electrons. The molecule has 0 bridgehead atoms. The number of pyridine rings is 1. The van der Waals surface area contributed by atoms with E-state index in [9.17, 15) is 0 Å². The Bertz CT molecular complexity index is 805. The fourth-order valence-corrected chi connectivity index (χ4v) is 2.39. The molecule has 0 aliphatic heterocycles. The molecular formula is C16H14ClN3O. The van der Waals surface area contributed by atoms with Crippen molar-refractivity contribution >= 4 is 22.5 Å². The minimum absolute atomic E-state index is 0.406. The smallest absolute Gasteiger partial charge is 0.161 e.